The minimum atomic E-state index is 0.0440. The van der Waals surface area contributed by atoms with Gasteiger partial charge in [0, 0.05) is 12.5 Å². The zero-order valence-corrected chi connectivity index (χ0v) is 7.68. The number of ketones is 1. The van der Waals surface area contributed by atoms with Crippen molar-refractivity contribution in [3.63, 3.8) is 0 Å². The molecular formula is C9H16O2. The van der Waals surface area contributed by atoms with Crippen LogP contribution in [0.3, 0.4) is 0 Å². The first-order valence-electron chi connectivity index (χ1n) is 3.81. The van der Waals surface area contributed by atoms with Crippen LogP contribution in [-0.4, -0.2) is 12.9 Å². The van der Waals surface area contributed by atoms with E-state index in [0.29, 0.717) is 5.92 Å². The molecular weight excluding hydrogens is 140 g/mol. The molecule has 0 aliphatic carbocycles. The van der Waals surface area contributed by atoms with Gasteiger partial charge in [0.1, 0.15) is 0 Å². The number of rotatable bonds is 4. The van der Waals surface area contributed by atoms with Gasteiger partial charge in [-0.1, -0.05) is 13.8 Å². The van der Waals surface area contributed by atoms with Gasteiger partial charge in [-0.15, -0.1) is 0 Å². The Morgan fingerprint density at radius 1 is 1.55 bits per heavy atom. The van der Waals surface area contributed by atoms with Crippen molar-refractivity contribution >= 4 is 5.78 Å². The maximum Gasteiger partial charge on any atom is 0.155 e. The minimum Gasteiger partial charge on any atom is -0.501 e. The van der Waals surface area contributed by atoms with E-state index in [1.165, 1.54) is 6.92 Å². The molecule has 0 rings (SSSR count). The number of carbonyl (C=O) groups excluding carboxylic acids is 1. The van der Waals surface area contributed by atoms with Crippen molar-refractivity contribution in [1.29, 1.82) is 0 Å². The highest BCUT2D eigenvalue weighted by molar-refractivity contribution is 5.87. The Morgan fingerprint density at radius 2 is 2.09 bits per heavy atom. The first kappa shape index (κ1) is 10.2. The Kier molecular flexibility index (Phi) is 4.59. The molecule has 0 bridgehead atoms. The molecule has 0 aromatic heterocycles. The molecule has 2 nitrogen and oxygen atoms in total. The Labute approximate surface area is 68.2 Å². The van der Waals surface area contributed by atoms with Crippen molar-refractivity contribution in [2.45, 2.75) is 27.2 Å². The molecule has 0 aromatic rings. The Morgan fingerprint density at radius 3 is 2.36 bits per heavy atom. The lowest BCUT2D eigenvalue weighted by molar-refractivity contribution is -0.112. The fourth-order valence-electron chi connectivity index (χ4n) is 0.830. The second-order valence-corrected chi connectivity index (χ2v) is 3.02. The second-order valence-electron chi connectivity index (χ2n) is 3.02. The van der Waals surface area contributed by atoms with E-state index in [0.717, 1.165) is 12.2 Å². The molecule has 0 aliphatic heterocycles. The lowest BCUT2D eigenvalue weighted by Gasteiger charge is -2.07. The average Bonchev–Trinajstić information content (AvgIpc) is 1.84. The first-order valence-corrected chi connectivity index (χ1v) is 3.81. The van der Waals surface area contributed by atoms with E-state index in [4.69, 9.17) is 4.74 Å². The molecule has 0 atom stereocenters. The predicted octanol–water partition coefficient (Wildman–Crippen LogP) is 2.15. The van der Waals surface area contributed by atoms with Crippen LogP contribution in [0.15, 0.2) is 11.8 Å². The molecule has 0 fully saturated rings. The lowest BCUT2D eigenvalue weighted by atomic mass is 10.1. The highest BCUT2D eigenvalue weighted by Crippen LogP contribution is 2.10. The molecule has 0 heterocycles. The summed E-state index contributed by atoms with van der Waals surface area (Å²) in [5, 5.41) is 0. The summed E-state index contributed by atoms with van der Waals surface area (Å²) in [4.78, 5) is 10.6. The normalized spacial score (nSPS) is 11.9. The third-order valence-electron chi connectivity index (χ3n) is 1.24. The summed E-state index contributed by atoms with van der Waals surface area (Å²) >= 11 is 0. The van der Waals surface area contributed by atoms with E-state index in [1.54, 1.807) is 13.2 Å². The van der Waals surface area contributed by atoms with Crippen LogP contribution in [0, 0.1) is 5.92 Å². The number of allylic oxidation sites excluding steroid dienone is 2. The standard InChI is InChI=1S/C9H16O2/c1-7(2)5-9(11-4)6-8(3)10/h6-7H,5H2,1-4H3/b9-6-. The summed E-state index contributed by atoms with van der Waals surface area (Å²) in [6.45, 7) is 5.71. The second kappa shape index (κ2) is 4.94. The predicted molar refractivity (Wildman–Crippen MR) is 45.2 cm³/mol. The highest BCUT2D eigenvalue weighted by Gasteiger charge is 2.01. The maximum absolute atomic E-state index is 10.6. The largest absolute Gasteiger partial charge is 0.501 e. The summed E-state index contributed by atoms with van der Waals surface area (Å²) in [5.41, 5.74) is 0. The van der Waals surface area contributed by atoms with Crippen LogP contribution >= 0.6 is 0 Å². The van der Waals surface area contributed by atoms with Gasteiger partial charge in [-0.2, -0.15) is 0 Å². The summed E-state index contributed by atoms with van der Waals surface area (Å²) in [6.07, 6.45) is 2.37. The van der Waals surface area contributed by atoms with Gasteiger partial charge in [0.05, 0.1) is 12.9 Å². The number of hydrogen-bond acceptors (Lipinski definition) is 2. The molecule has 2 heteroatoms. The average molecular weight is 156 g/mol. The van der Waals surface area contributed by atoms with Crippen LogP contribution in [-0.2, 0) is 9.53 Å². The first-order chi connectivity index (χ1) is 5.06. The van der Waals surface area contributed by atoms with E-state index in [2.05, 4.69) is 13.8 Å². The van der Waals surface area contributed by atoms with Crippen LogP contribution in [0.25, 0.3) is 0 Å². The molecule has 0 saturated carbocycles. The van der Waals surface area contributed by atoms with Crippen LogP contribution in [0.4, 0.5) is 0 Å². The molecule has 0 aromatic carbocycles. The zero-order valence-electron chi connectivity index (χ0n) is 7.68. The van der Waals surface area contributed by atoms with E-state index >= 15 is 0 Å². The number of ether oxygens (including phenoxy) is 1. The van der Waals surface area contributed by atoms with Crippen LogP contribution < -0.4 is 0 Å². The highest BCUT2D eigenvalue weighted by atomic mass is 16.5. The number of hydrogen-bond donors (Lipinski definition) is 0. The molecule has 0 saturated heterocycles. The van der Waals surface area contributed by atoms with E-state index < -0.39 is 0 Å². The summed E-state index contributed by atoms with van der Waals surface area (Å²) in [6, 6.07) is 0. The van der Waals surface area contributed by atoms with Gasteiger partial charge in [-0.25, -0.2) is 0 Å². The van der Waals surface area contributed by atoms with Gasteiger partial charge < -0.3 is 4.74 Å². The minimum absolute atomic E-state index is 0.0440. The quantitative estimate of drug-likeness (QED) is 0.460. The van der Waals surface area contributed by atoms with Crippen molar-refractivity contribution in [3.05, 3.63) is 11.8 Å². The van der Waals surface area contributed by atoms with Crippen molar-refractivity contribution in [1.82, 2.24) is 0 Å². The fourth-order valence-corrected chi connectivity index (χ4v) is 0.830. The Hall–Kier alpha value is -0.790. The van der Waals surface area contributed by atoms with Gasteiger partial charge in [0.2, 0.25) is 0 Å². The van der Waals surface area contributed by atoms with Crippen molar-refractivity contribution < 1.29 is 9.53 Å². The van der Waals surface area contributed by atoms with E-state index in [-0.39, 0.29) is 5.78 Å². The smallest absolute Gasteiger partial charge is 0.155 e. The zero-order chi connectivity index (χ0) is 8.85. The third kappa shape index (κ3) is 5.64. The molecule has 0 amide bonds. The molecule has 0 radical (unpaired) electrons. The molecule has 0 unspecified atom stereocenters. The third-order valence-corrected chi connectivity index (χ3v) is 1.24. The molecule has 0 spiro atoms. The number of methoxy groups -OCH3 is 1. The molecule has 0 aliphatic rings. The maximum atomic E-state index is 10.6. The van der Waals surface area contributed by atoms with Gasteiger partial charge in [0.25, 0.3) is 0 Å². The summed E-state index contributed by atoms with van der Waals surface area (Å²) in [7, 11) is 1.59. The Balaban J connectivity index is 4.05. The van der Waals surface area contributed by atoms with Gasteiger partial charge in [-0.3, -0.25) is 4.79 Å². The number of carbonyl (C=O) groups is 1. The molecule has 11 heavy (non-hydrogen) atoms. The van der Waals surface area contributed by atoms with E-state index in [1.807, 2.05) is 0 Å². The van der Waals surface area contributed by atoms with Crippen molar-refractivity contribution in [3.8, 4) is 0 Å². The summed E-state index contributed by atoms with van der Waals surface area (Å²) in [5.74, 6) is 1.34. The fraction of sp³-hybridized carbons (Fsp3) is 0.667. The lowest BCUT2D eigenvalue weighted by Crippen LogP contribution is -1.96. The monoisotopic (exact) mass is 156 g/mol. The van der Waals surface area contributed by atoms with Gasteiger partial charge in [-0.05, 0) is 12.8 Å². The molecule has 0 N–H and O–H groups in total. The molecule has 64 valence electrons. The van der Waals surface area contributed by atoms with Gasteiger partial charge in [0.15, 0.2) is 5.78 Å². The summed E-state index contributed by atoms with van der Waals surface area (Å²) < 4.78 is 5.01. The van der Waals surface area contributed by atoms with Crippen LogP contribution in [0.2, 0.25) is 0 Å². The van der Waals surface area contributed by atoms with Crippen molar-refractivity contribution in [2.75, 3.05) is 7.11 Å². The topological polar surface area (TPSA) is 26.3 Å². The van der Waals surface area contributed by atoms with Gasteiger partial charge >= 0.3 is 0 Å². The van der Waals surface area contributed by atoms with Crippen LogP contribution in [0.1, 0.15) is 27.2 Å². The van der Waals surface area contributed by atoms with E-state index in [9.17, 15) is 4.79 Å². The Bertz CT molecular complexity index is 157. The van der Waals surface area contributed by atoms with Crippen molar-refractivity contribution in [2.24, 2.45) is 5.92 Å². The van der Waals surface area contributed by atoms with Crippen LogP contribution in [0.5, 0.6) is 0 Å². The SMILES string of the molecule is CO/C(=C\C(C)=O)CC(C)C.